The maximum Gasteiger partial charge on any atom is 0.278 e. The highest BCUT2D eigenvalue weighted by molar-refractivity contribution is 4.80. The zero-order valence-electron chi connectivity index (χ0n) is 5.04. The first-order chi connectivity index (χ1) is 4.13. The van der Waals surface area contributed by atoms with E-state index in [1.54, 1.807) is 0 Å². The second kappa shape index (κ2) is 2.20. The third-order valence-corrected chi connectivity index (χ3v) is 1.68. The van der Waals surface area contributed by atoms with Crippen molar-refractivity contribution in [2.75, 3.05) is 0 Å². The molecule has 9 heavy (non-hydrogen) atoms. The minimum absolute atomic E-state index is 0.0347. The van der Waals surface area contributed by atoms with Gasteiger partial charge in [-0.15, -0.1) is 0 Å². The molecule has 0 aromatic rings. The number of halogens is 3. The predicted octanol–water partition coefficient (Wildman–Crippen LogP) is 2.53. The van der Waals surface area contributed by atoms with Crippen LogP contribution in [0.1, 0.15) is 25.7 Å². The minimum atomic E-state index is -3.03. The quantitative estimate of drug-likeness (QED) is 0.482. The fourth-order valence-corrected chi connectivity index (χ4v) is 1.05. The highest BCUT2D eigenvalue weighted by Crippen LogP contribution is 2.35. The molecule has 1 fully saturated rings. The molecule has 1 atom stereocenters. The van der Waals surface area contributed by atoms with Crippen LogP contribution in [-0.4, -0.2) is 12.1 Å². The summed E-state index contributed by atoms with van der Waals surface area (Å²) in [4.78, 5) is 0. The van der Waals surface area contributed by atoms with Crippen LogP contribution < -0.4 is 0 Å². The van der Waals surface area contributed by atoms with Gasteiger partial charge in [-0.3, -0.25) is 0 Å². The van der Waals surface area contributed by atoms with E-state index in [1.807, 2.05) is 0 Å². The van der Waals surface area contributed by atoms with Gasteiger partial charge in [0, 0.05) is 6.42 Å². The fourth-order valence-electron chi connectivity index (χ4n) is 1.05. The van der Waals surface area contributed by atoms with E-state index in [4.69, 9.17) is 0 Å². The van der Waals surface area contributed by atoms with E-state index in [0.717, 1.165) is 0 Å². The number of rotatable bonds is 0. The Balaban J connectivity index is 2.49. The molecule has 0 bridgehead atoms. The van der Waals surface area contributed by atoms with Gasteiger partial charge >= 0.3 is 0 Å². The topological polar surface area (TPSA) is 0 Å². The van der Waals surface area contributed by atoms with Crippen LogP contribution in [0.3, 0.4) is 0 Å². The van der Waals surface area contributed by atoms with Crippen LogP contribution in [0.15, 0.2) is 0 Å². The van der Waals surface area contributed by atoms with Crippen molar-refractivity contribution in [3.63, 3.8) is 0 Å². The summed E-state index contributed by atoms with van der Waals surface area (Å²) in [5, 5.41) is 0. The summed E-state index contributed by atoms with van der Waals surface area (Å²) in [7, 11) is 0. The Bertz CT molecular complexity index is 100. The standard InChI is InChI=1S/C6H9F3/c7-5-3-1-2-4-6(5,8)9/h5H,1-4H2/t5-/m0/s1. The smallest absolute Gasteiger partial charge is 0.241 e. The number of alkyl halides is 3. The third kappa shape index (κ3) is 1.37. The van der Waals surface area contributed by atoms with Gasteiger partial charge in [0.1, 0.15) is 0 Å². The maximum absolute atomic E-state index is 12.2. The van der Waals surface area contributed by atoms with Gasteiger partial charge in [-0.05, 0) is 12.8 Å². The molecule has 0 amide bonds. The average molecular weight is 138 g/mol. The average Bonchev–Trinajstić information content (AvgIpc) is 1.77. The van der Waals surface area contributed by atoms with Crippen molar-refractivity contribution in [1.29, 1.82) is 0 Å². The van der Waals surface area contributed by atoms with Gasteiger partial charge in [-0.2, -0.15) is 0 Å². The van der Waals surface area contributed by atoms with Gasteiger partial charge in [0.15, 0.2) is 6.17 Å². The molecule has 54 valence electrons. The summed E-state index contributed by atoms with van der Waals surface area (Å²) in [5.74, 6) is -3.03. The van der Waals surface area contributed by atoms with Crippen LogP contribution in [0.2, 0.25) is 0 Å². The van der Waals surface area contributed by atoms with E-state index in [2.05, 4.69) is 0 Å². The summed E-state index contributed by atoms with van der Waals surface area (Å²) in [6, 6.07) is 0. The zero-order valence-corrected chi connectivity index (χ0v) is 5.04. The van der Waals surface area contributed by atoms with Crippen LogP contribution in [0.25, 0.3) is 0 Å². The van der Waals surface area contributed by atoms with Crippen molar-refractivity contribution >= 4 is 0 Å². The molecule has 0 unspecified atom stereocenters. The molecule has 0 radical (unpaired) electrons. The number of hydrogen-bond acceptors (Lipinski definition) is 0. The van der Waals surface area contributed by atoms with Crippen molar-refractivity contribution in [1.82, 2.24) is 0 Å². The second-order valence-electron chi connectivity index (χ2n) is 2.47. The Kier molecular flexibility index (Phi) is 1.68. The largest absolute Gasteiger partial charge is 0.278 e. The van der Waals surface area contributed by atoms with Crippen molar-refractivity contribution in [2.45, 2.75) is 37.8 Å². The predicted molar refractivity (Wildman–Crippen MR) is 28.3 cm³/mol. The van der Waals surface area contributed by atoms with E-state index < -0.39 is 12.1 Å². The summed E-state index contributed by atoms with van der Waals surface area (Å²) >= 11 is 0. The normalized spacial score (nSPS) is 34.3. The minimum Gasteiger partial charge on any atom is -0.241 e. The Morgan fingerprint density at radius 1 is 1.22 bits per heavy atom. The summed E-state index contributed by atoms with van der Waals surface area (Å²) in [6.07, 6.45) is -1.04. The fraction of sp³-hybridized carbons (Fsp3) is 1.00. The molecule has 0 saturated heterocycles. The van der Waals surface area contributed by atoms with E-state index in [-0.39, 0.29) is 12.8 Å². The number of hydrogen-bond donors (Lipinski definition) is 0. The molecule has 0 aromatic carbocycles. The molecular formula is C6H9F3. The molecule has 0 N–H and O–H groups in total. The van der Waals surface area contributed by atoms with Crippen LogP contribution in [0.4, 0.5) is 13.2 Å². The molecule has 1 rings (SSSR count). The highest BCUT2D eigenvalue weighted by Gasteiger charge is 2.41. The molecule has 0 spiro atoms. The van der Waals surface area contributed by atoms with Crippen LogP contribution in [0.5, 0.6) is 0 Å². The molecule has 0 aromatic heterocycles. The van der Waals surface area contributed by atoms with E-state index in [0.29, 0.717) is 12.8 Å². The Morgan fingerprint density at radius 2 is 1.89 bits per heavy atom. The van der Waals surface area contributed by atoms with Crippen molar-refractivity contribution < 1.29 is 13.2 Å². The van der Waals surface area contributed by atoms with Crippen molar-refractivity contribution in [3.05, 3.63) is 0 Å². The first-order valence-corrected chi connectivity index (χ1v) is 3.15. The molecule has 1 saturated carbocycles. The Labute approximate surface area is 52.1 Å². The SMILES string of the molecule is F[C@H]1CCCCC1(F)F. The molecular weight excluding hydrogens is 129 g/mol. The van der Waals surface area contributed by atoms with Crippen LogP contribution in [-0.2, 0) is 0 Å². The summed E-state index contributed by atoms with van der Waals surface area (Å²) in [5.41, 5.74) is 0. The van der Waals surface area contributed by atoms with Gasteiger partial charge in [0.25, 0.3) is 5.92 Å². The lowest BCUT2D eigenvalue weighted by Gasteiger charge is -2.24. The van der Waals surface area contributed by atoms with Crippen LogP contribution in [0, 0.1) is 0 Å². The Morgan fingerprint density at radius 3 is 2.22 bits per heavy atom. The monoisotopic (exact) mass is 138 g/mol. The third-order valence-electron chi connectivity index (χ3n) is 1.68. The molecule has 1 aliphatic rings. The molecule has 0 nitrogen and oxygen atoms in total. The van der Waals surface area contributed by atoms with E-state index in [1.165, 1.54) is 0 Å². The first kappa shape index (κ1) is 6.90. The first-order valence-electron chi connectivity index (χ1n) is 3.15. The zero-order chi connectivity index (χ0) is 6.91. The lowest BCUT2D eigenvalue weighted by atomic mass is 9.95. The summed E-state index contributed by atoms with van der Waals surface area (Å²) in [6.45, 7) is 0. The molecule has 0 aliphatic heterocycles. The van der Waals surface area contributed by atoms with Gasteiger partial charge in [-0.1, -0.05) is 6.42 Å². The maximum atomic E-state index is 12.2. The molecule has 3 heteroatoms. The highest BCUT2D eigenvalue weighted by atomic mass is 19.3. The van der Waals surface area contributed by atoms with Crippen molar-refractivity contribution in [3.8, 4) is 0 Å². The van der Waals surface area contributed by atoms with E-state index >= 15 is 0 Å². The lowest BCUT2D eigenvalue weighted by molar-refractivity contribution is -0.0969. The second-order valence-corrected chi connectivity index (χ2v) is 2.47. The lowest BCUT2D eigenvalue weighted by Crippen LogP contribution is -2.32. The van der Waals surface area contributed by atoms with Gasteiger partial charge in [-0.25, -0.2) is 13.2 Å². The van der Waals surface area contributed by atoms with Gasteiger partial charge in [0.05, 0.1) is 0 Å². The summed E-state index contributed by atoms with van der Waals surface area (Å²) < 4.78 is 36.7. The van der Waals surface area contributed by atoms with Gasteiger partial charge in [0.2, 0.25) is 0 Å². The molecule has 1 aliphatic carbocycles. The van der Waals surface area contributed by atoms with Crippen LogP contribution >= 0.6 is 0 Å². The van der Waals surface area contributed by atoms with E-state index in [9.17, 15) is 13.2 Å². The van der Waals surface area contributed by atoms with Crippen molar-refractivity contribution in [2.24, 2.45) is 0 Å². The molecule has 0 heterocycles. The van der Waals surface area contributed by atoms with Gasteiger partial charge < -0.3 is 0 Å². The Hall–Kier alpha value is -0.210.